The summed E-state index contributed by atoms with van der Waals surface area (Å²) in [6.45, 7) is 10.0. The Kier molecular flexibility index (Phi) is 6.65. The molecule has 0 unspecified atom stereocenters. The lowest BCUT2D eigenvalue weighted by molar-refractivity contribution is -0.145. The fourth-order valence-electron chi connectivity index (χ4n) is 5.54. The fraction of sp³-hybridized carbons (Fsp3) is 0.522. The van der Waals surface area contributed by atoms with E-state index in [1.165, 1.54) is 0 Å². The van der Waals surface area contributed by atoms with E-state index in [9.17, 15) is 4.79 Å². The number of fused-ring (bicyclic) bond motifs is 2. The zero-order valence-electron chi connectivity index (χ0n) is 19.2. The summed E-state index contributed by atoms with van der Waals surface area (Å²) in [6.07, 6.45) is 4.00. The summed E-state index contributed by atoms with van der Waals surface area (Å²) < 4.78 is 24.9. The molecule has 1 fully saturated rings. The monoisotopic (exact) mass is 536 g/mol. The first-order valence-electron chi connectivity index (χ1n) is 11.2. The number of aryl methyl sites for hydroxylation is 1. The van der Waals surface area contributed by atoms with Gasteiger partial charge in [-0.15, -0.1) is 11.7 Å². The van der Waals surface area contributed by atoms with Crippen LogP contribution in [0.3, 0.4) is 0 Å². The molecule has 1 spiro atoms. The lowest BCUT2D eigenvalue weighted by Crippen LogP contribution is -2.45. The molecule has 3 heterocycles. The number of aromatic nitrogens is 3. The van der Waals surface area contributed by atoms with Crippen molar-refractivity contribution < 1.29 is 18.7 Å². The minimum absolute atomic E-state index is 0.00642. The van der Waals surface area contributed by atoms with E-state index >= 15 is 4.11 Å². The molecular formula is C23H30BrFN4O3Si. The van der Waals surface area contributed by atoms with E-state index in [0.29, 0.717) is 31.6 Å². The summed E-state index contributed by atoms with van der Waals surface area (Å²) >= 11 is 3.53. The van der Waals surface area contributed by atoms with Crippen molar-refractivity contribution in [1.82, 2.24) is 15.0 Å². The number of hydrogen-bond donors (Lipinski definition) is 1. The Bertz CT molecular complexity index is 1060. The van der Waals surface area contributed by atoms with Crippen LogP contribution in [0.5, 0.6) is 0 Å². The Labute approximate surface area is 202 Å². The molecule has 1 aromatic heterocycles. The lowest BCUT2D eigenvalue weighted by atomic mass is 9.82. The van der Waals surface area contributed by atoms with Crippen LogP contribution in [-0.2, 0) is 28.1 Å². The average molecular weight is 538 g/mol. The number of ether oxygens (including phenoxy) is 1. The second-order valence-corrected chi connectivity index (χ2v) is 14.1. The second kappa shape index (κ2) is 9.05. The molecule has 2 aliphatic rings. The molecule has 0 saturated carbocycles. The van der Waals surface area contributed by atoms with Gasteiger partial charge in [0.1, 0.15) is 0 Å². The molecule has 7 nitrogen and oxygen atoms in total. The smallest absolute Gasteiger partial charge is 0.264 e. The number of aliphatic hydroxyl groups is 1. The van der Waals surface area contributed by atoms with E-state index in [4.69, 9.17) is 9.84 Å². The van der Waals surface area contributed by atoms with Gasteiger partial charge in [-0.2, -0.15) is 0 Å². The summed E-state index contributed by atoms with van der Waals surface area (Å²) in [5, 5.41) is 17.3. The summed E-state index contributed by atoms with van der Waals surface area (Å²) in [7, 11) is -3.20. The maximum absolute atomic E-state index is 15.7. The van der Waals surface area contributed by atoms with Crippen LogP contribution in [-0.4, -0.2) is 53.7 Å². The molecule has 0 radical (unpaired) electrons. The molecule has 178 valence electrons. The van der Waals surface area contributed by atoms with Gasteiger partial charge in [-0.1, -0.05) is 34.1 Å². The zero-order chi connectivity index (χ0) is 24.0. The van der Waals surface area contributed by atoms with Crippen molar-refractivity contribution in [1.29, 1.82) is 0 Å². The van der Waals surface area contributed by atoms with Crippen LogP contribution < -0.4 is 4.90 Å². The lowest BCUT2D eigenvalue weighted by Gasteiger charge is -2.31. The number of halogens is 2. The molecule has 0 bridgehead atoms. The Morgan fingerprint density at radius 2 is 2.18 bits per heavy atom. The first kappa shape index (κ1) is 24.2. The van der Waals surface area contributed by atoms with E-state index < -0.39 is 20.1 Å². The average Bonchev–Trinajstić information content (AvgIpc) is 3.38. The Balaban J connectivity index is 1.70. The molecular weight excluding hydrogens is 507 g/mol. The van der Waals surface area contributed by atoms with Gasteiger partial charge in [0.25, 0.3) is 5.91 Å². The molecule has 1 N–H and O–H groups in total. The zero-order valence-corrected chi connectivity index (χ0v) is 21.8. The number of aliphatic hydroxyl groups excluding tert-OH is 1. The van der Waals surface area contributed by atoms with Crippen molar-refractivity contribution in [3.63, 3.8) is 0 Å². The minimum Gasteiger partial charge on any atom is -0.396 e. The molecule has 2 aliphatic heterocycles. The molecule has 1 amide bonds. The minimum atomic E-state index is -3.20. The first-order valence-corrected chi connectivity index (χ1v) is 15.0. The van der Waals surface area contributed by atoms with Crippen LogP contribution in [0, 0.1) is 5.92 Å². The van der Waals surface area contributed by atoms with Crippen LogP contribution in [0.4, 0.5) is 9.80 Å². The first-order chi connectivity index (χ1) is 15.6. The SMILES string of the molecule is C=CCN1C(=O)[C@@]2(O[C@@H](CCn3cc(CCO)nn3)[C@H]([Si](C)(C)F)[C@H]2C)c2cc(Br)ccc21. The Morgan fingerprint density at radius 1 is 1.42 bits per heavy atom. The van der Waals surface area contributed by atoms with Gasteiger partial charge in [0.05, 0.1) is 17.5 Å². The summed E-state index contributed by atoms with van der Waals surface area (Å²) in [5.41, 5.74) is 0.692. The molecule has 1 aromatic carbocycles. The largest absolute Gasteiger partial charge is 0.396 e. The van der Waals surface area contributed by atoms with Gasteiger partial charge in [0.2, 0.25) is 8.41 Å². The van der Waals surface area contributed by atoms with Crippen LogP contribution in [0.25, 0.3) is 0 Å². The van der Waals surface area contributed by atoms with Crippen molar-refractivity contribution in [3.8, 4) is 0 Å². The van der Waals surface area contributed by atoms with Gasteiger partial charge in [0.15, 0.2) is 5.60 Å². The predicted molar refractivity (Wildman–Crippen MR) is 130 cm³/mol. The third-order valence-electron chi connectivity index (χ3n) is 6.83. The van der Waals surface area contributed by atoms with E-state index in [1.54, 1.807) is 34.9 Å². The number of benzene rings is 1. The van der Waals surface area contributed by atoms with E-state index in [1.807, 2.05) is 25.1 Å². The molecule has 0 aliphatic carbocycles. The fourth-order valence-corrected chi connectivity index (χ4v) is 8.44. The molecule has 10 heteroatoms. The van der Waals surface area contributed by atoms with Gasteiger partial charge in [-0.25, -0.2) is 0 Å². The van der Waals surface area contributed by atoms with Gasteiger partial charge in [-0.05, 0) is 37.7 Å². The topological polar surface area (TPSA) is 80.5 Å². The number of nitrogens with zero attached hydrogens (tertiary/aromatic N) is 4. The highest BCUT2D eigenvalue weighted by Crippen LogP contribution is 2.60. The number of anilines is 1. The number of carbonyl (C=O) groups excluding carboxylic acids is 1. The highest BCUT2D eigenvalue weighted by molar-refractivity contribution is 9.10. The Morgan fingerprint density at radius 3 is 2.85 bits per heavy atom. The predicted octanol–water partition coefficient (Wildman–Crippen LogP) is 3.97. The van der Waals surface area contributed by atoms with Crippen LogP contribution in [0.1, 0.15) is 24.6 Å². The number of amides is 1. The third-order valence-corrected chi connectivity index (χ3v) is 9.78. The summed E-state index contributed by atoms with van der Waals surface area (Å²) in [5.74, 6) is -0.482. The van der Waals surface area contributed by atoms with Crippen LogP contribution in [0.2, 0.25) is 18.6 Å². The van der Waals surface area contributed by atoms with E-state index in [2.05, 4.69) is 32.8 Å². The van der Waals surface area contributed by atoms with Crippen LogP contribution in [0.15, 0.2) is 41.5 Å². The summed E-state index contributed by atoms with van der Waals surface area (Å²) in [4.78, 5) is 15.5. The Hall–Kier alpha value is -1.88. The van der Waals surface area contributed by atoms with Gasteiger partial charge in [-0.3, -0.25) is 9.48 Å². The molecule has 4 rings (SSSR count). The van der Waals surface area contributed by atoms with E-state index in [0.717, 1.165) is 15.7 Å². The van der Waals surface area contributed by atoms with Gasteiger partial charge >= 0.3 is 0 Å². The summed E-state index contributed by atoms with van der Waals surface area (Å²) in [6, 6.07) is 5.74. The van der Waals surface area contributed by atoms with Crippen molar-refractivity contribution in [3.05, 3.63) is 52.8 Å². The van der Waals surface area contributed by atoms with E-state index in [-0.39, 0.29) is 24.0 Å². The van der Waals surface area contributed by atoms with Crippen molar-refractivity contribution >= 4 is 35.9 Å². The molecule has 4 atom stereocenters. The number of carbonyl (C=O) groups is 1. The number of hydrogen-bond acceptors (Lipinski definition) is 5. The van der Waals surface area contributed by atoms with Crippen LogP contribution >= 0.6 is 15.9 Å². The second-order valence-electron chi connectivity index (χ2n) is 9.37. The highest BCUT2D eigenvalue weighted by Gasteiger charge is 2.66. The maximum Gasteiger partial charge on any atom is 0.264 e. The number of rotatable bonds is 8. The standard InChI is InChI=1S/C23H30BrFN4O3Si/c1-5-10-29-19-7-6-16(24)13-18(19)23(22(29)31)15(2)21(33(3,4)25)20(32-23)8-11-28-14-17(9-12-30)26-27-28/h5-7,13-15,20-21,30H,1,8-12H2,2-4H3/t15-,20+,21-,23+/m1/s1. The third kappa shape index (κ3) is 4.11. The normalized spacial score (nSPS) is 26.9. The van der Waals surface area contributed by atoms with Crippen molar-refractivity contribution in [2.75, 3.05) is 18.1 Å². The quantitative estimate of drug-likeness (QED) is 0.313. The molecule has 2 aromatic rings. The van der Waals surface area contributed by atoms with Crippen molar-refractivity contribution in [2.45, 2.75) is 56.7 Å². The maximum atomic E-state index is 15.7. The molecule has 33 heavy (non-hydrogen) atoms. The van der Waals surface area contributed by atoms with Gasteiger partial charge in [0, 0.05) is 53.8 Å². The highest BCUT2D eigenvalue weighted by atomic mass is 79.9. The van der Waals surface area contributed by atoms with Crippen molar-refractivity contribution in [2.24, 2.45) is 5.92 Å². The molecule has 1 saturated heterocycles. The van der Waals surface area contributed by atoms with Gasteiger partial charge < -0.3 is 18.9 Å².